The summed E-state index contributed by atoms with van der Waals surface area (Å²) >= 11 is 0. The molecule has 0 spiro atoms. The minimum atomic E-state index is 0.555. The smallest absolute Gasteiger partial charge is 0.247 e. The Bertz CT molecular complexity index is 911. The lowest BCUT2D eigenvalue weighted by atomic mass is 10.3. The highest BCUT2D eigenvalue weighted by Crippen LogP contribution is 2.24. The van der Waals surface area contributed by atoms with Gasteiger partial charge in [-0.2, -0.15) is 10.1 Å². The molecule has 142 valence electrons. The van der Waals surface area contributed by atoms with Crippen LogP contribution in [0.25, 0.3) is 0 Å². The van der Waals surface area contributed by atoms with E-state index in [0.717, 1.165) is 23.6 Å². The minimum Gasteiger partial charge on any atom is -0.457 e. The predicted octanol–water partition coefficient (Wildman–Crippen LogP) is 2.69. The number of nitrogens with one attached hydrogen (secondary N) is 1. The average Bonchev–Trinajstić information content (AvgIpc) is 2.76. The first-order chi connectivity index (χ1) is 13.8. The van der Waals surface area contributed by atoms with E-state index in [-0.39, 0.29) is 0 Å². The minimum absolute atomic E-state index is 0.555. The van der Waals surface area contributed by atoms with Gasteiger partial charge in [0.2, 0.25) is 12.4 Å². The SMILES string of the molecule is O=CN1CCN(c2nncc(Nc3ccc(Oc4ccccc4)cc3)n2)CC1. The fourth-order valence-corrected chi connectivity index (χ4v) is 2.89. The van der Waals surface area contributed by atoms with Gasteiger partial charge in [-0.1, -0.05) is 18.2 Å². The van der Waals surface area contributed by atoms with Crippen LogP contribution < -0.4 is 15.0 Å². The summed E-state index contributed by atoms with van der Waals surface area (Å²) in [4.78, 5) is 19.1. The van der Waals surface area contributed by atoms with Crippen LogP contribution in [0, 0.1) is 0 Å². The predicted molar refractivity (Wildman–Crippen MR) is 106 cm³/mol. The van der Waals surface area contributed by atoms with Gasteiger partial charge in [-0.25, -0.2) is 0 Å². The molecule has 0 atom stereocenters. The van der Waals surface area contributed by atoms with Crippen LogP contribution in [0.5, 0.6) is 11.5 Å². The number of nitrogens with zero attached hydrogens (tertiary/aromatic N) is 5. The van der Waals surface area contributed by atoms with Crippen LogP contribution in [0.15, 0.2) is 60.8 Å². The van der Waals surface area contributed by atoms with E-state index in [0.29, 0.717) is 37.9 Å². The molecule has 8 heteroatoms. The maximum Gasteiger partial charge on any atom is 0.247 e. The molecule has 4 rings (SSSR count). The third-order valence-electron chi connectivity index (χ3n) is 4.40. The summed E-state index contributed by atoms with van der Waals surface area (Å²) in [5.74, 6) is 2.72. The first-order valence-electron chi connectivity index (χ1n) is 9.04. The summed E-state index contributed by atoms with van der Waals surface area (Å²) < 4.78 is 5.80. The molecule has 0 unspecified atom stereocenters. The third-order valence-corrected chi connectivity index (χ3v) is 4.40. The summed E-state index contributed by atoms with van der Waals surface area (Å²) in [7, 11) is 0. The number of para-hydroxylation sites is 1. The second-order valence-electron chi connectivity index (χ2n) is 6.33. The monoisotopic (exact) mass is 376 g/mol. The van der Waals surface area contributed by atoms with Crippen LogP contribution in [0.2, 0.25) is 0 Å². The lowest BCUT2D eigenvalue weighted by Crippen LogP contribution is -2.46. The molecule has 1 amide bonds. The number of piperazine rings is 1. The van der Waals surface area contributed by atoms with Crippen LogP contribution >= 0.6 is 0 Å². The van der Waals surface area contributed by atoms with E-state index >= 15 is 0 Å². The van der Waals surface area contributed by atoms with Gasteiger partial charge in [-0.05, 0) is 36.4 Å². The Balaban J connectivity index is 1.39. The molecule has 0 saturated carbocycles. The highest BCUT2D eigenvalue weighted by Gasteiger charge is 2.18. The molecule has 2 heterocycles. The summed E-state index contributed by atoms with van der Waals surface area (Å²) in [5.41, 5.74) is 0.873. The number of amides is 1. The summed E-state index contributed by atoms with van der Waals surface area (Å²) in [6, 6.07) is 17.3. The molecule has 0 bridgehead atoms. The van der Waals surface area contributed by atoms with Crippen molar-refractivity contribution >= 4 is 23.9 Å². The van der Waals surface area contributed by atoms with Crippen molar-refractivity contribution in [2.45, 2.75) is 0 Å². The van der Waals surface area contributed by atoms with Crippen molar-refractivity contribution in [3.8, 4) is 11.5 Å². The van der Waals surface area contributed by atoms with Crippen molar-refractivity contribution in [3.05, 3.63) is 60.8 Å². The average molecular weight is 376 g/mol. The van der Waals surface area contributed by atoms with Crippen molar-refractivity contribution < 1.29 is 9.53 Å². The molecule has 1 aliphatic heterocycles. The van der Waals surface area contributed by atoms with E-state index in [1.54, 1.807) is 11.1 Å². The number of hydrogen-bond acceptors (Lipinski definition) is 7. The van der Waals surface area contributed by atoms with Gasteiger partial charge >= 0.3 is 0 Å². The van der Waals surface area contributed by atoms with Gasteiger partial charge in [0.05, 0.1) is 6.20 Å². The van der Waals surface area contributed by atoms with Crippen LogP contribution in [0.3, 0.4) is 0 Å². The standard InChI is InChI=1S/C20H20N6O2/c27-15-25-10-12-26(13-11-25)20-23-19(14-21-24-20)22-16-6-8-18(9-7-16)28-17-4-2-1-3-5-17/h1-9,14-15H,10-13H2,(H,22,23,24). The molecule has 28 heavy (non-hydrogen) atoms. The molecule has 3 aromatic rings. The number of benzene rings is 2. The molecule has 1 aromatic heterocycles. The quantitative estimate of drug-likeness (QED) is 0.662. The van der Waals surface area contributed by atoms with Gasteiger partial charge in [0.25, 0.3) is 0 Å². The fraction of sp³-hybridized carbons (Fsp3) is 0.200. The van der Waals surface area contributed by atoms with Crippen molar-refractivity contribution in [1.29, 1.82) is 0 Å². The van der Waals surface area contributed by atoms with Gasteiger partial charge < -0.3 is 19.9 Å². The first-order valence-corrected chi connectivity index (χ1v) is 9.04. The molecule has 1 fully saturated rings. The van der Waals surface area contributed by atoms with E-state index in [9.17, 15) is 4.79 Å². The Morgan fingerprint density at radius 2 is 1.64 bits per heavy atom. The van der Waals surface area contributed by atoms with Crippen molar-refractivity contribution in [2.75, 3.05) is 36.4 Å². The Morgan fingerprint density at radius 3 is 2.36 bits per heavy atom. The van der Waals surface area contributed by atoms with Crippen LogP contribution in [-0.4, -0.2) is 52.7 Å². The summed E-state index contributed by atoms with van der Waals surface area (Å²) in [6.07, 6.45) is 2.46. The Labute approximate surface area is 162 Å². The highest BCUT2D eigenvalue weighted by molar-refractivity contribution is 5.57. The van der Waals surface area contributed by atoms with E-state index in [1.807, 2.05) is 59.5 Å². The number of hydrogen-bond donors (Lipinski definition) is 1. The maximum absolute atomic E-state index is 10.8. The molecule has 0 radical (unpaired) electrons. The number of anilines is 3. The molecule has 8 nitrogen and oxygen atoms in total. The van der Waals surface area contributed by atoms with E-state index in [4.69, 9.17) is 4.74 Å². The number of carbonyl (C=O) groups excluding carboxylic acids is 1. The zero-order chi connectivity index (χ0) is 19.2. The van der Waals surface area contributed by atoms with Crippen molar-refractivity contribution in [1.82, 2.24) is 20.1 Å². The highest BCUT2D eigenvalue weighted by atomic mass is 16.5. The number of aromatic nitrogens is 3. The molecular formula is C20H20N6O2. The van der Waals surface area contributed by atoms with E-state index in [2.05, 4.69) is 20.5 Å². The second kappa shape index (κ2) is 8.34. The lowest BCUT2D eigenvalue weighted by molar-refractivity contribution is -0.118. The Hall–Kier alpha value is -3.68. The van der Waals surface area contributed by atoms with Crippen LogP contribution in [0.1, 0.15) is 0 Å². The third kappa shape index (κ3) is 4.35. The van der Waals surface area contributed by atoms with E-state index < -0.39 is 0 Å². The fourth-order valence-electron chi connectivity index (χ4n) is 2.89. The molecule has 0 aliphatic carbocycles. The topological polar surface area (TPSA) is 83.5 Å². The van der Waals surface area contributed by atoms with Crippen molar-refractivity contribution in [2.24, 2.45) is 0 Å². The molecule has 1 N–H and O–H groups in total. The maximum atomic E-state index is 10.8. The van der Waals surface area contributed by atoms with Gasteiger partial charge in [0.1, 0.15) is 11.5 Å². The lowest BCUT2D eigenvalue weighted by Gasteiger charge is -2.32. The van der Waals surface area contributed by atoms with Gasteiger partial charge in [0, 0.05) is 31.9 Å². The van der Waals surface area contributed by atoms with Crippen LogP contribution in [0.4, 0.5) is 17.5 Å². The van der Waals surface area contributed by atoms with Gasteiger partial charge in [0.15, 0.2) is 5.82 Å². The number of ether oxygens (including phenoxy) is 1. The summed E-state index contributed by atoms with van der Waals surface area (Å²) in [5, 5.41) is 11.4. The summed E-state index contributed by atoms with van der Waals surface area (Å²) in [6.45, 7) is 2.70. The molecule has 1 saturated heterocycles. The van der Waals surface area contributed by atoms with Gasteiger partial charge in [-0.15, -0.1) is 5.10 Å². The molecular weight excluding hydrogens is 356 g/mol. The number of rotatable bonds is 6. The Kier molecular flexibility index (Phi) is 5.28. The van der Waals surface area contributed by atoms with Gasteiger partial charge in [-0.3, -0.25) is 4.79 Å². The second-order valence-corrected chi connectivity index (χ2v) is 6.33. The van der Waals surface area contributed by atoms with E-state index in [1.165, 1.54) is 0 Å². The zero-order valence-corrected chi connectivity index (χ0v) is 15.2. The largest absolute Gasteiger partial charge is 0.457 e. The Morgan fingerprint density at radius 1 is 0.929 bits per heavy atom. The zero-order valence-electron chi connectivity index (χ0n) is 15.2. The number of carbonyl (C=O) groups is 1. The molecule has 2 aromatic carbocycles. The first kappa shape index (κ1) is 17.7. The molecule has 1 aliphatic rings. The normalized spacial score (nSPS) is 13.9. The van der Waals surface area contributed by atoms with Crippen molar-refractivity contribution in [3.63, 3.8) is 0 Å². The van der Waals surface area contributed by atoms with Crippen LogP contribution in [-0.2, 0) is 4.79 Å².